The highest BCUT2D eigenvalue weighted by Crippen LogP contribution is 2.20. The van der Waals surface area contributed by atoms with E-state index in [0.717, 1.165) is 26.1 Å². The van der Waals surface area contributed by atoms with Gasteiger partial charge in [0.05, 0.1) is 12.0 Å². The molecule has 0 N–H and O–H groups in total. The van der Waals surface area contributed by atoms with Gasteiger partial charge in [-0.05, 0) is 49.4 Å². The van der Waals surface area contributed by atoms with Crippen LogP contribution < -0.4 is 0 Å². The van der Waals surface area contributed by atoms with Gasteiger partial charge in [0.2, 0.25) is 0 Å². The lowest BCUT2D eigenvalue weighted by Crippen LogP contribution is -2.33. The van der Waals surface area contributed by atoms with Crippen LogP contribution in [0, 0.1) is 17.2 Å². The first-order valence-corrected chi connectivity index (χ1v) is 7.90. The molecule has 1 atom stereocenters. The van der Waals surface area contributed by atoms with E-state index in [-0.39, 0.29) is 5.92 Å². The summed E-state index contributed by atoms with van der Waals surface area (Å²) in [7, 11) is 0. The summed E-state index contributed by atoms with van der Waals surface area (Å²) < 4.78 is 0. The Balaban J connectivity index is 1.98. The average Bonchev–Trinajstić information content (AvgIpc) is 2.46. The van der Waals surface area contributed by atoms with Gasteiger partial charge in [0, 0.05) is 6.54 Å². The van der Waals surface area contributed by atoms with Crippen molar-refractivity contribution in [3.05, 3.63) is 35.4 Å². The number of nitrogens with zero attached hydrogens (tertiary/aromatic N) is 2. The number of likely N-dealkylation sites (tertiary alicyclic amines) is 1. The summed E-state index contributed by atoms with van der Waals surface area (Å²) in [4.78, 5) is 2.44. The zero-order valence-corrected chi connectivity index (χ0v) is 12.8. The molecule has 0 aliphatic carbocycles. The lowest BCUT2D eigenvalue weighted by atomic mass is 9.95. The first-order chi connectivity index (χ1) is 9.69. The van der Waals surface area contributed by atoms with Crippen LogP contribution in [0.2, 0.25) is 0 Å². The summed E-state index contributed by atoms with van der Waals surface area (Å²) in [6.45, 7) is 7.68. The second-order valence-corrected chi connectivity index (χ2v) is 6.38. The fraction of sp³-hybridized carbons (Fsp3) is 0.611. The molecule has 0 saturated carbocycles. The minimum absolute atomic E-state index is 0.0150. The van der Waals surface area contributed by atoms with Gasteiger partial charge in [-0.1, -0.05) is 44.5 Å². The van der Waals surface area contributed by atoms with E-state index in [0.29, 0.717) is 5.92 Å². The first kappa shape index (κ1) is 15.1. The van der Waals surface area contributed by atoms with Gasteiger partial charge >= 0.3 is 0 Å². The van der Waals surface area contributed by atoms with Crippen molar-refractivity contribution >= 4 is 0 Å². The summed E-state index contributed by atoms with van der Waals surface area (Å²) in [6, 6.07) is 11.2. The monoisotopic (exact) mass is 270 g/mol. The third-order valence-electron chi connectivity index (χ3n) is 4.07. The molecule has 0 spiro atoms. The molecule has 0 radical (unpaired) electrons. The third kappa shape index (κ3) is 4.35. The minimum atomic E-state index is 0.0150. The van der Waals surface area contributed by atoms with Crippen LogP contribution in [0.15, 0.2) is 24.3 Å². The normalized spacial score (nSPS) is 17.9. The van der Waals surface area contributed by atoms with Crippen LogP contribution in [-0.2, 0) is 6.42 Å². The highest BCUT2D eigenvalue weighted by Gasteiger charge is 2.17. The second kappa shape index (κ2) is 7.45. The Morgan fingerprint density at radius 1 is 1.10 bits per heavy atom. The van der Waals surface area contributed by atoms with E-state index in [9.17, 15) is 5.26 Å². The van der Waals surface area contributed by atoms with Crippen molar-refractivity contribution in [1.82, 2.24) is 4.90 Å². The number of rotatable bonds is 5. The predicted octanol–water partition coefficient (Wildman–Crippen LogP) is 3.98. The molecule has 1 aromatic carbocycles. The van der Waals surface area contributed by atoms with Crippen molar-refractivity contribution < 1.29 is 0 Å². The van der Waals surface area contributed by atoms with Gasteiger partial charge in [-0.3, -0.25) is 0 Å². The standard InChI is InChI=1S/C18H26N2/c1-15(2)12-16-6-8-17(9-7-16)18(13-19)14-20-10-4-3-5-11-20/h6-9,15,18H,3-5,10-12,14H2,1-2H3. The largest absolute Gasteiger partial charge is 0.302 e. The molecule has 1 aliphatic heterocycles. The van der Waals surface area contributed by atoms with Crippen LogP contribution in [0.4, 0.5) is 0 Å². The Bertz CT molecular complexity index is 435. The first-order valence-electron chi connectivity index (χ1n) is 7.90. The second-order valence-electron chi connectivity index (χ2n) is 6.38. The van der Waals surface area contributed by atoms with E-state index in [1.54, 1.807) is 0 Å². The molecule has 0 bridgehead atoms. The Morgan fingerprint density at radius 3 is 2.30 bits per heavy atom. The molecule has 2 nitrogen and oxygen atoms in total. The van der Waals surface area contributed by atoms with Gasteiger partial charge < -0.3 is 4.90 Å². The molecule has 108 valence electrons. The maximum atomic E-state index is 9.45. The topological polar surface area (TPSA) is 27.0 Å². The van der Waals surface area contributed by atoms with E-state index in [1.807, 2.05) is 0 Å². The van der Waals surface area contributed by atoms with Crippen molar-refractivity contribution in [3.8, 4) is 6.07 Å². The van der Waals surface area contributed by atoms with Crippen LogP contribution in [-0.4, -0.2) is 24.5 Å². The minimum Gasteiger partial charge on any atom is -0.302 e. The number of hydrogen-bond donors (Lipinski definition) is 0. The van der Waals surface area contributed by atoms with Gasteiger partial charge in [-0.15, -0.1) is 0 Å². The third-order valence-corrected chi connectivity index (χ3v) is 4.07. The van der Waals surface area contributed by atoms with Crippen LogP contribution >= 0.6 is 0 Å². The molecule has 20 heavy (non-hydrogen) atoms. The molecular formula is C18H26N2. The molecule has 1 heterocycles. The lowest BCUT2D eigenvalue weighted by Gasteiger charge is -2.28. The molecule has 1 unspecified atom stereocenters. The SMILES string of the molecule is CC(C)Cc1ccc(C(C#N)CN2CCCCC2)cc1. The predicted molar refractivity (Wildman–Crippen MR) is 83.6 cm³/mol. The van der Waals surface area contributed by atoms with Crippen LogP contribution in [0.5, 0.6) is 0 Å². The maximum absolute atomic E-state index is 9.45. The lowest BCUT2D eigenvalue weighted by molar-refractivity contribution is 0.225. The van der Waals surface area contributed by atoms with Gasteiger partial charge in [0.1, 0.15) is 0 Å². The fourth-order valence-corrected chi connectivity index (χ4v) is 2.98. The van der Waals surface area contributed by atoms with Gasteiger partial charge in [-0.25, -0.2) is 0 Å². The summed E-state index contributed by atoms with van der Waals surface area (Å²) in [5.74, 6) is 0.696. The zero-order valence-electron chi connectivity index (χ0n) is 12.8. The van der Waals surface area contributed by atoms with Gasteiger partial charge in [0.15, 0.2) is 0 Å². The fourth-order valence-electron chi connectivity index (χ4n) is 2.98. The molecule has 2 heteroatoms. The average molecular weight is 270 g/mol. The number of piperidine rings is 1. The van der Waals surface area contributed by atoms with E-state index >= 15 is 0 Å². The van der Waals surface area contributed by atoms with E-state index < -0.39 is 0 Å². The molecule has 1 fully saturated rings. The van der Waals surface area contributed by atoms with Crippen LogP contribution in [0.25, 0.3) is 0 Å². The Morgan fingerprint density at radius 2 is 1.75 bits per heavy atom. The number of hydrogen-bond acceptors (Lipinski definition) is 2. The van der Waals surface area contributed by atoms with Crippen molar-refractivity contribution in [2.75, 3.05) is 19.6 Å². The van der Waals surface area contributed by atoms with Crippen LogP contribution in [0.3, 0.4) is 0 Å². The van der Waals surface area contributed by atoms with E-state index in [2.05, 4.69) is 49.1 Å². The van der Waals surface area contributed by atoms with Crippen molar-refractivity contribution in [2.24, 2.45) is 5.92 Å². The molecule has 1 aromatic rings. The van der Waals surface area contributed by atoms with Crippen LogP contribution in [0.1, 0.15) is 50.2 Å². The molecule has 1 aliphatic rings. The molecular weight excluding hydrogens is 244 g/mol. The van der Waals surface area contributed by atoms with Crippen molar-refractivity contribution in [3.63, 3.8) is 0 Å². The quantitative estimate of drug-likeness (QED) is 0.809. The highest BCUT2D eigenvalue weighted by molar-refractivity contribution is 5.29. The smallest absolute Gasteiger partial charge is 0.0839 e. The number of nitriles is 1. The Labute approximate surface area is 123 Å². The highest BCUT2D eigenvalue weighted by atomic mass is 15.1. The van der Waals surface area contributed by atoms with E-state index in [1.165, 1.54) is 30.4 Å². The summed E-state index contributed by atoms with van der Waals surface area (Å²) in [6.07, 6.45) is 5.03. The maximum Gasteiger partial charge on any atom is 0.0839 e. The summed E-state index contributed by atoms with van der Waals surface area (Å²) in [5.41, 5.74) is 2.55. The van der Waals surface area contributed by atoms with E-state index in [4.69, 9.17) is 0 Å². The molecule has 0 aromatic heterocycles. The van der Waals surface area contributed by atoms with Crippen molar-refractivity contribution in [2.45, 2.75) is 45.4 Å². The van der Waals surface area contributed by atoms with Gasteiger partial charge in [0.25, 0.3) is 0 Å². The summed E-state index contributed by atoms with van der Waals surface area (Å²) in [5, 5.41) is 9.45. The molecule has 2 rings (SSSR count). The number of benzene rings is 1. The Kier molecular flexibility index (Phi) is 5.61. The molecule has 1 saturated heterocycles. The molecule has 0 amide bonds. The van der Waals surface area contributed by atoms with Gasteiger partial charge in [-0.2, -0.15) is 5.26 Å². The Hall–Kier alpha value is -1.33. The summed E-state index contributed by atoms with van der Waals surface area (Å²) >= 11 is 0. The van der Waals surface area contributed by atoms with Crippen molar-refractivity contribution in [1.29, 1.82) is 5.26 Å². The zero-order chi connectivity index (χ0) is 14.4.